The molecular formula is C15H26N2O4. The summed E-state index contributed by atoms with van der Waals surface area (Å²) >= 11 is 0. The van der Waals surface area contributed by atoms with Crippen molar-refractivity contribution in [3.63, 3.8) is 0 Å². The van der Waals surface area contributed by atoms with Crippen LogP contribution in [0.25, 0.3) is 0 Å². The number of rotatable bonds is 5. The molecule has 0 aliphatic carbocycles. The predicted octanol–water partition coefficient (Wildman–Crippen LogP) is 1.00. The summed E-state index contributed by atoms with van der Waals surface area (Å²) in [5.74, 6) is -0.471. The zero-order chi connectivity index (χ0) is 15.3. The Hall–Kier alpha value is -1.14. The Balaban J connectivity index is 1.81. The average Bonchev–Trinajstić information content (AvgIpc) is 2.92. The van der Waals surface area contributed by atoms with Crippen molar-refractivity contribution in [2.45, 2.75) is 45.3 Å². The first-order valence-corrected chi connectivity index (χ1v) is 7.87. The van der Waals surface area contributed by atoms with Crippen molar-refractivity contribution >= 4 is 11.8 Å². The molecule has 2 aliphatic rings. The minimum atomic E-state index is -0.459. The van der Waals surface area contributed by atoms with Gasteiger partial charge in [0.25, 0.3) is 0 Å². The molecule has 0 aromatic carbocycles. The molecule has 0 saturated carbocycles. The van der Waals surface area contributed by atoms with E-state index < -0.39 is 5.79 Å². The van der Waals surface area contributed by atoms with Gasteiger partial charge in [0.05, 0.1) is 19.8 Å². The molecule has 0 radical (unpaired) electrons. The van der Waals surface area contributed by atoms with E-state index in [0.29, 0.717) is 45.7 Å². The van der Waals surface area contributed by atoms with E-state index in [4.69, 9.17) is 9.47 Å². The van der Waals surface area contributed by atoms with Gasteiger partial charge in [-0.25, -0.2) is 0 Å². The average molecular weight is 298 g/mol. The summed E-state index contributed by atoms with van der Waals surface area (Å²) < 4.78 is 11.3. The molecule has 2 aliphatic heterocycles. The molecule has 6 nitrogen and oxygen atoms in total. The van der Waals surface area contributed by atoms with Crippen LogP contribution in [0.2, 0.25) is 0 Å². The lowest BCUT2D eigenvalue weighted by molar-refractivity contribution is -0.187. The van der Waals surface area contributed by atoms with Gasteiger partial charge < -0.3 is 19.3 Å². The van der Waals surface area contributed by atoms with Crippen molar-refractivity contribution in [1.29, 1.82) is 0 Å². The van der Waals surface area contributed by atoms with E-state index in [0.717, 1.165) is 12.8 Å². The number of carbonyl (C=O) groups is 2. The topological polar surface area (TPSA) is 59.1 Å². The van der Waals surface area contributed by atoms with E-state index in [-0.39, 0.29) is 18.4 Å². The van der Waals surface area contributed by atoms with Crippen molar-refractivity contribution in [2.24, 2.45) is 0 Å². The van der Waals surface area contributed by atoms with Crippen LogP contribution in [0.4, 0.5) is 0 Å². The van der Waals surface area contributed by atoms with Gasteiger partial charge in [-0.05, 0) is 6.42 Å². The molecule has 0 bridgehead atoms. The first kappa shape index (κ1) is 16.2. The van der Waals surface area contributed by atoms with Gasteiger partial charge in [0.2, 0.25) is 11.8 Å². The van der Waals surface area contributed by atoms with Crippen LogP contribution in [0.1, 0.15) is 39.5 Å². The second-order valence-corrected chi connectivity index (χ2v) is 5.78. The van der Waals surface area contributed by atoms with E-state index in [1.165, 1.54) is 6.92 Å². The van der Waals surface area contributed by atoms with Crippen LogP contribution < -0.4 is 0 Å². The fraction of sp³-hybridized carbons (Fsp3) is 0.867. The largest absolute Gasteiger partial charge is 0.347 e. The molecule has 0 atom stereocenters. The maximum absolute atomic E-state index is 12.3. The van der Waals surface area contributed by atoms with Crippen molar-refractivity contribution < 1.29 is 19.1 Å². The van der Waals surface area contributed by atoms with Crippen molar-refractivity contribution in [3.05, 3.63) is 0 Å². The van der Waals surface area contributed by atoms with Crippen LogP contribution in [0, 0.1) is 0 Å². The van der Waals surface area contributed by atoms with E-state index in [2.05, 4.69) is 6.92 Å². The molecule has 6 heteroatoms. The molecule has 21 heavy (non-hydrogen) atoms. The lowest BCUT2D eigenvalue weighted by atomic mass is 10.0. The number of ether oxygens (including phenoxy) is 2. The molecule has 2 fully saturated rings. The van der Waals surface area contributed by atoms with Crippen molar-refractivity contribution in [2.75, 3.05) is 39.4 Å². The molecule has 120 valence electrons. The fourth-order valence-corrected chi connectivity index (χ4v) is 2.84. The van der Waals surface area contributed by atoms with Crippen molar-refractivity contribution in [1.82, 2.24) is 9.80 Å². The van der Waals surface area contributed by atoms with Gasteiger partial charge in [-0.15, -0.1) is 0 Å². The van der Waals surface area contributed by atoms with Gasteiger partial charge in [-0.1, -0.05) is 13.3 Å². The smallest absolute Gasteiger partial charge is 0.242 e. The number of piperidine rings is 1. The molecular weight excluding hydrogens is 272 g/mol. The van der Waals surface area contributed by atoms with Gasteiger partial charge in [0.1, 0.15) is 0 Å². The lowest BCUT2D eigenvalue weighted by Gasteiger charge is -2.38. The summed E-state index contributed by atoms with van der Waals surface area (Å²) in [6, 6.07) is 0. The van der Waals surface area contributed by atoms with Gasteiger partial charge in [0.15, 0.2) is 5.79 Å². The summed E-state index contributed by atoms with van der Waals surface area (Å²) in [5, 5.41) is 0. The number of hydrogen-bond donors (Lipinski definition) is 0. The van der Waals surface area contributed by atoms with E-state index in [9.17, 15) is 9.59 Å². The minimum Gasteiger partial charge on any atom is -0.347 e. The van der Waals surface area contributed by atoms with E-state index in [1.54, 1.807) is 4.90 Å². The predicted molar refractivity (Wildman–Crippen MR) is 77.6 cm³/mol. The molecule has 2 amide bonds. The number of unbranched alkanes of at least 4 members (excludes halogenated alkanes) is 1. The molecule has 0 aromatic rings. The Morgan fingerprint density at radius 3 is 2.33 bits per heavy atom. The number of carbonyl (C=O) groups excluding carboxylic acids is 2. The Morgan fingerprint density at radius 1 is 1.19 bits per heavy atom. The summed E-state index contributed by atoms with van der Waals surface area (Å²) in [4.78, 5) is 27.4. The molecule has 0 N–H and O–H groups in total. The summed E-state index contributed by atoms with van der Waals surface area (Å²) in [6.45, 7) is 6.99. The first-order valence-electron chi connectivity index (χ1n) is 7.87. The van der Waals surface area contributed by atoms with Gasteiger partial charge in [-0.2, -0.15) is 0 Å². The summed E-state index contributed by atoms with van der Waals surface area (Å²) in [6.07, 6.45) is 3.37. The molecule has 2 heterocycles. The second kappa shape index (κ2) is 7.22. The van der Waals surface area contributed by atoms with Crippen LogP contribution in [-0.4, -0.2) is 66.8 Å². The maximum atomic E-state index is 12.3. The molecule has 1 spiro atoms. The summed E-state index contributed by atoms with van der Waals surface area (Å²) in [7, 11) is 0. The van der Waals surface area contributed by atoms with Crippen LogP contribution in [0.15, 0.2) is 0 Å². The van der Waals surface area contributed by atoms with Gasteiger partial charge in [-0.3, -0.25) is 9.59 Å². The third-order valence-corrected chi connectivity index (χ3v) is 4.24. The van der Waals surface area contributed by atoms with E-state index >= 15 is 0 Å². The van der Waals surface area contributed by atoms with Crippen LogP contribution in [0.3, 0.4) is 0 Å². The number of likely N-dealkylation sites (tertiary alicyclic amines) is 1. The van der Waals surface area contributed by atoms with Gasteiger partial charge >= 0.3 is 0 Å². The SMILES string of the molecule is CCCCN(CC(=O)N1CCC2(CC1)OCCO2)C(C)=O. The fourth-order valence-electron chi connectivity index (χ4n) is 2.84. The number of nitrogens with zero attached hydrogens (tertiary/aromatic N) is 2. The third kappa shape index (κ3) is 4.17. The zero-order valence-corrected chi connectivity index (χ0v) is 13.1. The Bertz CT molecular complexity index is 370. The maximum Gasteiger partial charge on any atom is 0.242 e. The highest BCUT2D eigenvalue weighted by molar-refractivity contribution is 5.83. The van der Waals surface area contributed by atoms with Gasteiger partial charge in [0, 0.05) is 39.4 Å². The molecule has 2 saturated heterocycles. The Morgan fingerprint density at radius 2 is 1.81 bits per heavy atom. The Kier molecular flexibility index (Phi) is 5.58. The van der Waals surface area contributed by atoms with Crippen LogP contribution in [0.5, 0.6) is 0 Å². The molecule has 0 unspecified atom stereocenters. The van der Waals surface area contributed by atoms with Crippen LogP contribution in [-0.2, 0) is 19.1 Å². The summed E-state index contributed by atoms with van der Waals surface area (Å²) in [5.41, 5.74) is 0. The van der Waals surface area contributed by atoms with Crippen molar-refractivity contribution in [3.8, 4) is 0 Å². The minimum absolute atomic E-state index is 0.0224. The first-order chi connectivity index (χ1) is 10.1. The monoisotopic (exact) mass is 298 g/mol. The second-order valence-electron chi connectivity index (χ2n) is 5.78. The highest BCUT2D eigenvalue weighted by atomic mass is 16.7. The quantitative estimate of drug-likeness (QED) is 0.760. The highest BCUT2D eigenvalue weighted by Gasteiger charge is 2.40. The third-order valence-electron chi connectivity index (χ3n) is 4.24. The Labute approximate surface area is 126 Å². The molecule has 2 rings (SSSR count). The molecule has 0 aromatic heterocycles. The zero-order valence-electron chi connectivity index (χ0n) is 13.1. The number of amides is 2. The standard InChI is InChI=1S/C15H26N2O4/c1-3-4-7-17(13(2)18)12-14(19)16-8-5-15(6-9-16)20-10-11-21-15/h3-12H2,1-2H3. The normalized spacial score (nSPS) is 20.8. The van der Waals surface area contributed by atoms with Crippen LogP contribution >= 0.6 is 0 Å². The lowest BCUT2D eigenvalue weighted by Crippen LogP contribution is -2.50. The highest BCUT2D eigenvalue weighted by Crippen LogP contribution is 2.31. The van der Waals surface area contributed by atoms with E-state index in [1.807, 2.05) is 4.90 Å². The number of hydrogen-bond acceptors (Lipinski definition) is 4.